The maximum Gasteiger partial charge on any atom is 0.244 e. The van der Waals surface area contributed by atoms with Crippen molar-refractivity contribution in [3.8, 4) is 5.75 Å². The summed E-state index contributed by atoms with van der Waals surface area (Å²) in [6, 6.07) is 11.2. The van der Waals surface area contributed by atoms with E-state index in [1.165, 1.54) is 11.0 Å². The van der Waals surface area contributed by atoms with E-state index in [9.17, 15) is 18.0 Å². The minimum atomic E-state index is -3.83. The number of methoxy groups -OCH3 is 1. The maximum atomic E-state index is 13.7. The number of nitrogens with zero attached hydrogens (tertiary/aromatic N) is 2. The SMILES string of the molecule is CC[C@H](C(=O)N[C@@H](C)CC)N(Cc1ccc(OC)cc1)C(=O)CN(c1cc(Cl)ccc1C)S(C)(=O)=O. The molecule has 0 bridgehead atoms. The van der Waals surface area contributed by atoms with Gasteiger partial charge in [0, 0.05) is 17.6 Å². The van der Waals surface area contributed by atoms with E-state index in [0.29, 0.717) is 28.4 Å². The van der Waals surface area contributed by atoms with Crippen molar-refractivity contribution in [3.63, 3.8) is 0 Å². The van der Waals surface area contributed by atoms with Crippen molar-refractivity contribution >= 4 is 39.1 Å². The first kappa shape index (κ1) is 29.5. The zero-order chi connectivity index (χ0) is 27.0. The fourth-order valence-corrected chi connectivity index (χ4v) is 4.80. The van der Waals surface area contributed by atoms with E-state index in [2.05, 4.69) is 5.32 Å². The Morgan fingerprint density at radius 1 is 1.08 bits per heavy atom. The van der Waals surface area contributed by atoms with Crippen LogP contribution < -0.4 is 14.4 Å². The van der Waals surface area contributed by atoms with Crippen LogP contribution in [0.2, 0.25) is 5.02 Å². The highest BCUT2D eigenvalue weighted by Crippen LogP contribution is 2.27. The first-order valence-electron chi connectivity index (χ1n) is 11.9. The Bertz CT molecular complexity index is 1150. The Morgan fingerprint density at radius 2 is 1.72 bits per heavy atom. The molecule has 0 heterocycles. The molecule has 0 fully saturated rings. The molecule has 0 saturated carbocycles. The highest BCUT2D eigenvalue weighted by Gasteiger charge is 2.32. The highest BCUT2D eigenvalue weighted by atomic mass is 35.5. The number of rotatable bonds is 12. The molecule has 0 radical (unpaired) electrons. The Labute approximate surface area is 219 Å². The molecule has 2 amide bonds. The van der Waals surface area contributed by atoms with E-state index in [0.717, 1.165) is 22.5 Å². The third kappa shape index (κ3) is 7.86. The third-order valence-electron chi connectivity index (χ3n) is 6.02. The number of hydrogen-bond donors (Lipinski definition) is 1. The van der Waals surface area contributed by atoms with E-state index < -0.39 is 28.5 Å². The fourth-order valence-electron chi connectivity index (χ4n) is 3.73. The van der Waals surface area contributed by atoms with Gasteiger partial charge in [-0.05, 0) is 62.1 Å². The molecule has 0 unspecified atom stereocenters. The zero-order valence-corrected chi connectivity index (χ0v) is 23.3. The number of nitrogens with one attached hydrogen (secondary N) is 1. The lowest BCUT2D eigenvalue weighted by atomic mass is 10.1. The van der Waals surface area contributed by atoms with Gasteiger partial charge < -0.3 is 15.0 Å². The molecule has 1 N–H and O–H groups in total. The average Bonchev–Trinajstić information content (AvgIpc) is 2.83. The summed E-state index contributed by atoms with van der Waals surface area (Å²) in [5, 5.41) is 3.30. The van der Waals surface area contributed by atoms with Crippen molar-refractivity contribution < 1.29 is 22.7 Å². The number of halogens is 1. The molecule has 36 heavy (non-hydrogen) atoms. The second-order valence-corrected chi connectivity index (χ2v) is 11.2. The van der Waals surface area contributed by atoms with E-state index >= 15 is 0 Å². The molecular weight excluding hydrogens is 502 g/mol. The van der Waals surface area contributed by atoms with Crippen molar-refractivity contribution in [2.24, 2.45) is 0 Å². The molecule has 10 heteroatoms. The summed E-state index contributed by atoms with van der Waals surface area (Å²) in [6.45, 7) is 7.09. The van der Waals surface area contributed by atoms with Gasteiger partial charge in [-0.2, -0.15) is 0 Å². The standard InChI is InChI=1S/C26H36ClN3O5S/c1-7-19(4)28-26(32)23(8-2)29(16-20-10-13-22(35-5)14-11-20)25(31)17-30(36(6,33)34)24-15-21(27)12-9-18(24)3/h9-15,19,23H,7-8,16-17H2,1-6H3,(H,28,32)/t19-,23+/m0/s1. The summed E-state index contributed by atoms with van der Waals surface area (Å²) in [6.07, 6.45) is 2.14. The fraction of sp³-hybridized carbons (Fsp3) is 0.462. The van der Waals surface area contributed by atoms with E-state index in [1.807, 2.05) is 32.9 Å². The number of ether oxygens (including phenoxy) is 1. The van der Waals surface area contributed by atoms with Crippen LogP contribution in [0.1, 0.15) is 44.7 Å². The predicted molar refractivity (Wildman–Crippen MR) is 144 cm³/mol. The van der Waals surface area contributed by atoms with Crippen molar-refractivity contribution in [3.05, 3.63) is 58.6 Å². The normalized spacial score (nSPS) is 13.0. The van der Waals surface area contributed by atoms with Gasteiger partial charge in [0.05, 0.1) is 19.1 Å². The lowest BCUT2D eigenvalue weighted by Crippen LogP contribution is -2.53. The summed E-state index contributed by atoms with van der Waals surface area (Å²) < 4.78 is 31.8. The lowest BCUT2D eigenvalue weighted by molar-refractivity contribution is -0.140. The van der Waals surface area contributed by atoms with Gasteiger partial charge in [0.25, 0.3) is 0 Å². The number of benzene rings is 2. The lowest BCUT2D eigenvalue weighted by Gasteiger charge is -2.33. The number of sulfonamides is 1. The molecule has 2 aromatic rings. The van der Waals surface area contributed by atoms with Crippen LogP contribution in [0.25, 0.3) is 0 Å². The van der Waals surface area contributed by atoms with Crippen molar-refractivity contribution in [2.45, 2.75) is 59.2 Å². The van der Waals surface area contributed by atoms with Gasteiger partial charge in [-0.1, -0.05) is 43.6 Å². The molecule has 0 aliphatic heterocycles. The van der Waals surface area contributed by atoms with Crippen LogP contribution in [0.15, 0.2) is 42.5 Å². The van der Waals surface area contributed by atoms with Gasteiger partial charge in [-0.15, -0.1) is 0 Å². The Morgan fingerprint density at radius 3 is 2.25 bits per heavy atom. The summed E-state index contributed by atoms with van der Waals surface area (Å²) in [7, 11) is -2.27. The summed E-state index contributed by atoms with van der Waals surface area (Å²) in [4.78, 5) is 28.3. The third-order valence-corrected chi connectivity index (χ3v) is 7.38. The largest absolute Gasteiger partial charge is 0.497 e. The number of aryl methyl sites for hydroxylation is 1. The minimum absolute atomic E-state index is 0.0638. The Balaban J connectivity index is 2.48. The average molecular weight is 538 g/mol. The second-order valence-electron chi connectivity index (χ2n) is 8.81. The van der Waals surface area contributed by atoms with Crippen LogP contribution in [0, 0.1) is 6.92 Å². The number of anilines is 1. The van der Waals surface area contributed by atoms with Gasteiger partial charge in [-0.25, -0.2) is 8.42 Å². The summed E-state index contributed by atoms with van der Waals surface area (Å²) in [5.74, 6) is -0.113. The zero-order valence-electron chi connectivity index (χ0n) is 21.7. The number of carbonyl (C=O) groups excluding carboxylic acids is 2. The molecule has 0 spiro atoms. The molecule has 198 valence electrons. The second kappa shape index (κ2) is 13.0. The molecule has 2 atom stereocenters. The molecule has 0 aliphatic carbocycles. The quantitative estimate of drug-likeness (QED) is 0.439. The minimum Gasteiger partial charge on any atom is -0.497 e. The number of amides is 2. The topological polar surface area (TPSA) is 96.0 Å². The van der Waals surface area contributed by atoms with Crippen molar-refractivity contribution in [1.29, 1.82) is 0 Å². The van der Waals surface area contributed by atoms with E-state index in [1.54, 1.807) is 38.3 Å². The van der Waals surface area contributed by atoms with Gasteiger partial charge in [0.2, 0.25) is 21.8 Å². The summed E-state index contributed by atoms with van der Waals surface area (Å²) >= 11 is 6.14. The Hall–Kier alpha value is -2.78. The number of hydrogen-bond acceptors (Lipinski definition) is 5. The highest BCUT2D eigenvalue weighted by molar-refractivity contribution is 7.92. The van der Waals surface area contributed by atoms with Gasteiger partial charge in [0.15, 0.2) is 0 Å². The monoisotopic (exact) mass is 537 g/mol. The van der Waals surface area contributed by atoms with E-state index in [-0.39, 0.29) is 18.5 Å². The van der Waals surface area contributed by atoms with Gasteiger partial charge in [0.1, 0.15) is 18.3 Å². The summed E-state index contributed by atoms with van der Waals surface area (Å²) in [5.41, 5.74) is 1.75. The Kier molecular flexibility index (Phi) is 10.6. The van der Waals surface area contributed by atoms with Crippen molar-refractivity contribution in [2.75, 3.05) is 24.2 Å². The maximum absolute atomic E-state index is 13.7. The molecule has 8 nitrogen and oxygen atoms in total. The van der Waals surface area contributed by atoms with Crippen LogP contribution in [-0.2, 0) is 26.2 Å². The van der Waals surface area contributed by atoms with Crippen LogP contribution >= 0.6 is 11.6 Å². The van der Waals surface area contributed by atoms with Crippen LogP contribution in [0.5, 0.6) is 5.75 Å². The number of carbonyl (C=O) groups is 2. The van der Waals surface area contributed by atoms with Crippen LogP contribution in [0.4, 0.5) is 5.69 Å². The van der Waals surface area contributed by atoms with E-state index in [4.69, 9.17) is 16.3 Å². The van der Waals surface area contributed by atoms with Crippen molar-refractivity contribution in [1.82, 2.24) is 10.2 Å². The first-order chi connectivity index (χ1) is 16.9. The smallest absolute Gasteiger partial charge is 0.244 e. The molecule has 0 aliphatic rings. The molecule has 2 aromatic carbocycles. The molecule has 2 rings (SSSR count). The van der Waals surface area contributed by atoms with Gasteiger partial charge in [-0.3, -0.25) is 13.9 Å². The molecule has 0 aromatic heterocycles. The first-order valence-corrected chi connectivity index (χ1v) is 14.1. The van der Waals surface area contributed by atoms with Crippen LogP contribution in [-0.4, -0.2) is 57.1 Å². The molecular formula is C26H36ClN3O5S. The van der Waals surface area contributed by atoms with Crippen LogP contribution in [0.3, 0.4) is 0 Å². The molecule has 0 saturated heterocycles. The predicted octanol–water partition coefficient (Wildman–Crippen LogP) is 4.15. The van der Waals surface area contributed by atoms with Gasteiger partial charge >= 0.3 is 0 Å².